The van der Waals surface area contributed by atoms with Gasteiger partial charge in [0.05, 0.1) is 22.1 Å². The lowest BCUT2D eigenvalue weighted by atomic mass is 10.0. The summed E-state index contributed by atoms with van der Waals surface area (Å²) in [5, 5.41) is 2.35. The number of halogens is 4. The van der Waals surface area contributed by atoms with E-state index in [4.69, 9.17) is 0 Å². The smallest absolute Gasteiger partial charge is 0.249 e. The molecule has 288 valence electrons. The Bertz CT molecular complexity index is 2540. The normalized spacial score (nSPS) is 12.6. The lowest BCUT2D eigenvalue weighted by Crippen LogP contribution is -2.53. The molecule has 0 aliphatic heterocycles. The van der Waals surface area contributed by atoms with E-state index in [0.717, 1.165) is 34.1 Å². The summed E-state index contributed by atoms with van der Waals surface area (Å²) in [6.07, 6.45) is 4.89. The molecule has 2 aromatic heterocycles. The number of amides is 3. The van der Waals surface area contributed by atoms with Crippen molar-refractivity contribution in [3.63, 3.8) is 0 Å². The van der Waals surface area contributed by atoms with Gasteiger partial charge in [0.1, 0.15) is 41.1 Å². The minimum Gasteiger partial charge on any atom is -0.343 e. The average Bonchev–Trinajstić information content (AvgIpc) is 3.14. The molecule has 2 atom stereocenters. The predicted molar refractivity (Wildman–Crippen MR) is 199 cm³/mol. The molecule has 13 nitrogen and oxygen atoms in total. The molecule has 0 saturated carbocycles. The highest BCUT2D eigenvalue weighted by atomic mass is 32.2. The third kappa shape index (κ3) is 9.63. The molecule has 6 aromatic rings. The van der Waals surface area contributed by atoms with E-state index in [-0.39, 0.29) is 16.8 Å². The fourth-order valence-corrected chi connectivity index (χ4v) is 7.15. The van der Waals surface area contributed by atoms with Crippen LogP contribution in [0, 0.1) is 23.3 Å². The summed E-state index contributed by atoms with van der Waals surface area (Å²) >= 11 is 0. The van der Waals surface area contributed by atoms with Crippen LogP contribution in [0.5, 0.6) is 0 Å². The van der Waals surface area contributed by atoms with E-state index in [1.54, 1.807) is 30.3 Å². The molecule has 3 amide bonds. The van der Waals surface area contributed by atoms with Crippen molar-refractivity contribution >= 4 is 61.2 Å². The third-order valence-electron chi connectivity index (χ3n) is 8.64. The number of rotatable bonds is 13. The number of hydrogen-bond donors (Lipinski definition) is 2. The van der Waals surface area contributed by atoms with E-state index < -0.39 is 81.7 Å². The molecule has 6 rings (SSSR count). The van der Waals surface area contributed by atoms with Gasteiger partial charge >= 0.3 is 0 Å². The van der Waals surface area contributed by atoms with Crippen LogP contribution in [0.3, 0.4) is 0 Å². The molecule has 4 aromatic carbocycles. The molecule has 2 heterocycles. The Morgan fingerprint density at radius 3 is 1.43 bits per heavy atom. The van der Waals surface area contributed by atoms with Crippen LogP contribution in [0.25, 0.3) is 22.1 Å². The number of benzene rings is 4. The lowest BCUT2D eigenvalue weighted by molar-refractivity contribution is -0.126. The van der Waals surface area contributed by atoms with E-state index in [2.05, 4.69) is 30.0 Å². The second kappa shape index (κ2) is 16.5. The highest BCUT2D eigenvalue weighted by molar-refractivity contribution is 7.90. The first-order chi connectivity index (χ1) is 26.6. The quantitative estimate of drug-likeness (QED) is 0.165. The van der Waals surface area contributed by atoms with Crippen LogP contribution >= 0.6 is 0 Å². The van der Waals surface area contributed by atoms with Gasteiger partial charge in [0, 0.05) is 68.8 Å². The van der Waals surface area contributed by atoms with Gasteiger partial charge in [0.2, 0.25) is 27.7 Å². The molecule has 0 spiro atoms. The van der Waals surface area contributed by atoms with Gasteiger partial charge in [-0.3, -0.25) is 34.3 Å². The highest BCUT2D eigenvalue weighted by Crippen LogP contribution is 2.22. The molecule has 2 N–H and O–H groups in total. The summed E-state index contributed by atoms with van der Waals surface area (Å²) < 4.78 is 86.0. The van der Waals surface area contributed by atoms with Crippen LogP contribution in [0.2, 0.25) is 0 Å². The number of carbonyl (C=O) groups excluding carboxylic acids is 3. The van der Waals surface area contributed by atoms with E-state index in [1.807, 2.05) is 0 Å². The second-order valence-electron chi connectivity index (χ2n) is 12.8. The van der Waals surface area contributed by atoms with Gasteiger partial charge in [0.25, 0.3) is 0 Å². The first-order valence-electron chi connectivity index (χ1n) is 16.8. The summed E-state index contributed by atoms with van der Waals surface area (Å²) in [4.78, 5) is 60.3. The maximum atomic E-state index is 14.2. The second-order valence-corrected chi connectivity index (χ2v) is 14.5. The maximum absolute atomic E-state index is 14.2. The number of anilines is 2. The van der Waals surface area contributed by atoms with Crippen LogP contribution in [0.15, 0.2) is 97.6 Å². The van der Waals surface area contributed by atoms with E-state index >= 15 is 0 Å². The summed E-state index contributed by atoms with van der Waals surface area (Å²) in [6.45, 7) is 0. The molecule has 0 fully saturated rings. The number of likely N-dealkylation sites (N-methyl/N-ethyl adjacent to an activating group) is 2. The van der Waals surface area contributed by atoms with Crippen molar-refractivity contribution in [3.05, 3.63) is 132 Å². The Morgan fingerprint density at radius 2 is 0.982 bits per heavy atom. The lowest BCUT2D eigenvalue weighted by Gasteiger charge is -2.26. The van der Waals surface area contributed by atoms with Gasteiger partial charge in [-0.25, -0.2) is 30.7 Å². The van der Waals surface area contributed by atoms with Crippen LogP contribution in [-0.2, 0) is 37.2 Å². The molecule has 0 aliphatic rings. The SMILES string of the molecule is CN(C(=O)[C@H](Cc1cc(F)cc(F)c1)NC(=O)CS(=O)(=O)N[C@@H](Cc1cc(F)cc(F)c1)C(=O)N(C)c1ccc2nccnc2c1)c1ccc2nccnc2c1. The standard InChI is InChI=1S/C38H32F4N8O5S/c1-49(28-3-5-30-32(19-28)45-9-7-43-30)37(52)34(15-22-11-24(39)17-25(40)12-22)47-36(51)21-56(54,55)48-35(16-23-13-26(41)18-27(42)14-23)38(53)50(2)29-4-6-31-33(20-29)46-10-8-44-31/h3-14,17-20,34-35,48H,15-16,21H2,1-2H3,(H,47,51)/t34-,35-/m0/s1. The van der Waals surface area contributed by atoms with Crippen molar-refractivity contribution in [2.24, 2.45) is 0 Å². The van der Waals surface area contributed by atoms with Crippen LogP contribution in [0.4, 0.5) is 28.9 Å². The van der Waals surface area contributed by atoms with E-state index in [0.29, 0.717) is 39.9 Å². The predicted octanol–water partition coefficient (Wildman–Crippen LogP) is 4.01. The zero-order valence-electron chi connectivity index (χ0n) is 29.7. The van der Waals surface area contributed by atoms with E-state index in [1.165, 1.54) is 44.9 Å². The van der Waals surface area contributed by atoms with Crippen molar-refractivity contribution in [1.29, 1.82) is 0 Å². The maximum Gasteiger partial charge on any atom is 0.249 e. The molecule has 0 unspecified atom stereocenters. The molecule has 18 heteroatoms. The first kappa shape index (κ1) is 39.3. The van der Waals surface area contributed by atoms with Gasteiger partial charge in [-0.2, -0.15) is 0 Å². The van der Waals surface area contributed by atoms with Crippen LogP contribution in [0.1, 0.15) is 11.1 Å². The molecule has 0 saturated heterocycles. The number of hydrogen-bond acceptors (Lipinski definition) is 9. The van der Waals surface area contributed by atoms with Crippen LogP contribution < -0.4 is 19.8 Å². The Labute approximate surface area is 317 Å². The molecule has 0 aliphatic carbocycles. The summed E-state index contributed by atoms with van der Waals surface area (Å²) in [5.74, 6) is -7.99. The van der Waals surface area contributed by atoms with Crippen molar-refractivity contribution < 1.29 is 40.4 Å². The zero-order chi connectivity index (χ0) is 40.1. The van der Waals surface area contributed by atoms with Crippen molar-refractivity contribution in [2.75, 3.05) is 29.6 Å². The molecule has 0 radical (unpaired) electrons. The Balaban J connectivity index is 1.24. The molecular weight excluding hydrogens is 757 g/mol. The topological polar surface area (TPSA) is 167 Å². The monoisotopic (exact) mass is 788 g/mol. The largest absolute Gasteiger partial charge is 0.343 e. The van der Waals surface area contributed by atoms with Gasteiger partial charge in [-0.1, -0.05) is 0 Å². The summed E-state index contributed by atoms with van der Waals surface area (Å²) in [6, 6.07) is 11.2. The highest BCUT2D eigenvalue weighted by Gasteiger charge is 2.32. The number of sulfonamides is 1. The van der Waals surface area contributed by atoms with Gasteiger partial charge in [0.15, 0.2) is 0 Å². The molecular formula is C38H32F4N8O5S. The fourth-order valence-electron chi connectivity index (χ4n) is 6.02. The Kier molecular flexibility index (Phi) is 11.6. The number of nitrogens with zero attached hydrogens (tertiary/aromatic N) is 6. The van der Waals surface area contributed by atoms with E-state index in [9.17, 15) is 40.4 Å². The zero-order valence-corrected chi connectivity index (χ0v) is 30.5. The van der Waals surface area contributed by atoms with Gasteiger partial charge < -0.3 is 15.1 Å². The minimum atomic E-state index is -4.75. The van der Waals surface area contributed by atoms with Crippen molar-refractivity contribution in [3.8, 4) is 0 Å². The number of aromatic nitrogens is 4. The van der Waals surface area contributed by atoms with Crippen molar-refractivity contribution in [1.82, 2.24) is 30.0 Å². The Morgan fingerprint density at radius 1 is 0.589 bits per heavy atom. The fraction of sp³-hybridized carbons (Fsp3) is 0.184. The van der Waals surface area contributed by atoms with Crippen molar-refractivity contribution in [2.45, 2.75) is 24.9 Å². The van der Waals surface area contributed by atoms with Gasteiger partial charge in [-0.15, -0.1) is 0 Å². The molecule has 0 bridgehead atoms. The molecule has 56 heavy (non-hydrogen) atoms. The van der Waals surface area contributed by atoms with Gasteiger partial charge in [-0.05, 0) is 78.2 Å². The number of nitrogens with one attached hydrogen (secondary N) is 2. The number of fused-ring (bicyclic) bond motifs is 2. The average molecular weight is 789 g/mol. The summed E-state index contributed by atoms with van der Waals surface area (Å²) in [5.41, 5.74) is 2.44. The third-order valence-corrected chi connectivity index (χ3v) is 9.93. The summed E-state index contributed by atoms with van der Waals surface area (Å²) in [7, 11) is -2.02. The van der Waals surface area contributed by atoms with Crippen LogP contribution in [-0.4, -0.2) is 78.0 Å². The number of carbonyl (C=O) groups is 3. The Hall–Kier alpha value is -6.40. The minimum absolute atomic E-state index is 0.0180. The first-order valence-corrected chi connectivity index (χ1v) is 18.5.